The molecule has 0 amide bonds. The largest absolute Gasteiger partial charge is 0.265 e. The predicted molar refractivity (Wildman–Crippen MR) is 150 cm³/mol. The second kappa shape index (κ2) is 7.94. The van der Waals surface area contributed by atoms with Gasteiger partial charge < -0.3 is 0 Å². The van der Waals surface area contributed by atoms with Crippen LogP contribution < -0.4 is 0 Å². The van der Waals surface area contributed by atoms with Crippen molar-refractivity contribution in [2.75, 3.05) is 0 Å². The van der Waals surface area contributed by atoms with Crippen LogP contribution in [0.25, 0.3) is 65.3 Å². The van der Waals surface area contributed by atoms with E-state index in [9.17, 15) is 0 Å². The van der Waals surface area contributed by atoms with Gasteiger partial charge in [0, 0.05) is 22.8 Å². The summed E-state index contributed by atoms with van der Waals surface area (Å²) in [5.74, 6) is 0. The zero-order valence-corrected chi connectivity index (χ0v) is 19.6. The first-order valence-corrected chi connectivity index (χ1v) is 12.1. The molecule has 1 nitrogen and oxygen atoms in total. The minimum Gasteiger partial charge on any atom is -0.265 e. The van der Waals surface area contributed by atoms with Crippen molar-refractivity contribution in [3.8, 4) is 22.3 Å². The van der Waals surface area contributed by atoms with Crippen LogP contribution in [0.3, 0.4) is 0 Å². The average molecular weight is 466 g/mol. The summed E-state index contributed by atoms with van der Waals surface area (Å²) in [6.07, 6.45) is 3.72. The lowest BCUT2D eigenvalue weighted by Gasteiger charge is -2.17. The van der Waals surface area contributed by atoms with Crippen molar-refractivity contribution in [1.82, 2.24) is 4.98 Å². The minimum atomic E-state index is 0.780. The van der Waals surface area contributed by atoms with Gasteiger partial charge in [-0.15, -0.1) is 0 Å². The zero-order valence-electron chi connectivity index (χ0n) is 18.9. The first-order chi connectivity index (χ1) is 17.3. The third kappa shape index (κ3) is 3.13. The Morgan fingerprint density at radius 3 is 1.51 bits per heavy atom. The molecule has 0 saturated carbocycles. The Morgan fingerprint density at radius 2 is 0.886 bits per heavy atom. The van der Waals surface area contributed by atoms with Gasteiger partial charge in [-0.25, -0.2) is 0 Å². The summed E-state index contributed by atoms with van der Waals surface area (Å²) < 4.78 is 0. The fourth-order valence-electron chi connectivity index (χ4n) is 5.44. The van der Waals surface area contributed by atoms with Gasteiger partial charge in [0.2, 0.25) is 0 Å². The molecule has 7 rings (SSSR count). The van der Waals surface area contributed by atoms with E-state index in [1.54, 1.807) is 0 Å². The number of fused-ring (bicyclic) bond motifs is 6. The summed E-state index contributed by atoms with van der Waals surface area (Å²) in [5, 5.41) is 10.5. The van der Waals surface area contributed by atoms with Crippen molar-refractivity contribution in [3.63, 3.8) is 0 Å². The lowest BCUT2D eigenvalue weighted by molar-refractivity contribution is 1.33. The lowest BCUT2D eigenvalue weighted by atomic mass is 9.87. The molecule has 35 heavy (non-hydrogen) atoms. The molecule has 0 fully saturated rings. The van der Waals surface area contributed by atoms with Crippen LogP contribution in [0.1, 0.15) is 0 Å². The van der Waals surface area contributed by atoms with Crippen LogP contribution in [0.5, 0.6) is 0 Å². The molecule has 1 heterocycles. The highest BCUT2D eigenvalue weighted by Gasteiger charge is 2.16. The van der Waals surface area contributed by atoms with Crippen LogP contribution in [0.2, 0.25) is 5.02 Å². The third-order valence-corrected chi connectivity index (χ3v) is 7.36. The third-order valence-electron chi connectivity index (χ3n) is 7.03. The molecule has 0 atom stereocenters. The van der Waals surface area contributed by atoms with E-state index in [2.05, 4.69) is 102 Å². The van der Waals surface area contributed by atoms with Gasteiger partial charge in [0.1, 0.15) is 0 Å². The summed E-state index contributed by atoms with van der Waals surface area (Å²) in [5.41, 5.74) is 4.83. The summed E-state index contributed by atoms with van der Waals surface area (Å²) >= 11 is 6.58. The van der Waals surface area contributed by atoms with Gasteiger partial charge in [0.15, 0.2) is 0 Å². The monoisotopic (exact) mass is 465 g/mol. The molecule has 0 aliphatic rings. The molecule has 1 aromatic heterocycles. The highest BCUT2D eigenvalue weighted by Crippen LogP contribution is 2.43. The van der Waals surface area contributed by atoms with Crippen LogP contribution in [0.15, 0.2) is 122 Å². The Bertz CT molecular complexity index is 1900. The minimum absolute atomic E-state index is 0.780. The Balaban J connectivity index is 1.67. The molecular weight excluding hydrogens is 446 g/mol. The number of hydrogen-bond donors (Lipinski definition) is 0. The summed E-state index contributed by atoms with van der Waals surface area (Å²) in [6.45, 7) is 0. The van der Waals surface area contributed by atoms with E-state index in [0.717, 1.165) is 10.4 Å². The molecule has 0 N–H and O–H groups in total. The van der Waals surface area contributed by atoms with E-state index in [-0.39, 0.29) is 0 Å². The van der Waals surface area contributed by atoms with E-state index in [4.69, 9.17) is 11.6 Å². The second-order valence-corrected chi connectivity index (χ2v) is 9.32. The summed E-state index contributed by atoms with van der Waals surface area (Å²) in [7, 11) is 0. The average Bonchev–Trinajstić information content (AvgIpc) is 2.93. The first kappa shape index (κ1) is 20.2. The maximum absolute atomic E-state index is 6.58. The Kier molecular flexibility index (Phi) is 4.58. The van der Waals surface area contributed by atoms with Crippen molar-refractivity contribution in [2.45, 2.75) is 0 Å². The first-order valence-electron chi connectivity index (χ1n) is 11.7. The number of hydrogen-bond acceptors (Lipinski definition) is 1. The zero-order chi connectivity index (χ0) is 23.4. The fourth-order valence-corrected chi connectivity index (χ4v) is 5.67. The van der Waals surface area contributed by atoms with Crippen molar-refractivity contribution in [3.05, 3.63) is 127 Å². The van der Waals surface area contributed by atoms with Gasteiger partial charge in [-0.3, -0.25) is 4.98 Å². The van der Waals surface area contributed by atoms with Gasteiger partial charge in [-0.05, 0) is 90.3 Å². The molecular formula is C33H20ClN. The van der Waals surface area contributed by atoms with E-state index in [1.165, 1.54) is 60.0 Å². The van der Waals surface area contributed by atoms with Crippen LogP contribution >= 0.6 is 11.6 Å². The molecule has 0 unspecified atom stereocenters. The Labute approximate surface area is 208 Å². The molecule has 7 aromatic rings. The molecule has 0 aliphatic carbocycles. The Morgan fingerprint density at radius 1 is 0.400 bits per heavy atom. The van der Waals surface area contributed by atoms with Crippen molar-refractivity contribution in [1.29, 1.82) is 0 Å². The van der Waals surface area contributed by atoms with Crippen LogP contribution in [-0.2, 0) is 0 Å². The van der Waals surface area contributed by atoms with Gasteiger partial charge in [0.25, 0.3) is 0 Å². The van der Waals surface area contributed by atoms with Crippen LogP contribution in [-0.4, -0.2) is 4.98 Å². The quantitative estimate of drug-likeness (QED) is 0.231. The number of benzene rings is 6. The van der Waals surface area contributed by atoms with Gasteiger partial charge in [-0.1, -0.05) is 90.5 Å². The molecule has 0 saturated heterocycles. The van der Waals surface area contributed by atoms with Crippen LogP contribution in [0.4, 0.5) is 0 Å². The fraction of sp³-hybridized carbons (Fsp3) is 0. The smallest absolute Gasteiger partial charge is 0.0484 e. The number of rotatable bonds is 2. The molecule has 0 spiro atoms. The van der Waals surface area contributed by atoms with Crippen molar-refractivity contribution in [2.24, 2.45) is 0 Å². The second-order valence-electron chi connectivity index (χ2n) is 8.91. The molecule has 0 aliphatic heterocycles. The molecule has 6 aromatic carbocycles. The van der Waals surface area contributed by atoms with Gasteiger partial charge >= 0.3 is 0 Å². The Hall–Kier alpha value is -4.20. The van der Waals surface area contributed by atoms with E-state index < -0.39 is 0 Å². The van der Waals surface area contributed by atoms with Crippen molar-refractivity contribution >= 4 is 54.7 Å². The number of halogens is 1. The number of nitrogens with zero attached hydrogens (tertiary/aromatic N) is 1. The van der Waals surface area contributed by atoms with Crippen molar-refractivity contribution < 1.29 is 0 Å². The highest BCUT2D eigenvalue weighted by molar-refractivity contribution is 6.36. The number of aromatic nitrogens is 1. The standard InChI is InChI=1S/C33H20ClN/c34-33-14-13-27(22-7-5-6-12-28(22)33)30-20-32-24-9-2-1-8-23(24)29(21-15-17-35-18-16-21)19-31(32)26-11-4-3-10-25(26)30/h1-20H. The van der Waals surface area contributed by atoms with E-state index in [0.29, 0.717) is 0 Å². The molecule has 0 radical (unpaired) electrons. The molecule has 2 heteroatoms. The van der Waals surface area contributed by atoms with E-state index >= 15 is 0 Å². The summed E-state index contributed by atoms with van der Waals surface area (Å²) in [6, 6.07) is 38.9. The molecule has 164 valence electrons. The maximum Gasteiger partial charge on any atom is 0.0484 e. The normalized spacial score (nSPS) is 11.6. The maximum atomic E-state index is 6.58. The van der Waals surface area contributed by atoms with E-state index in [1.807, 2.05) is 24.5 Å². The highest BCUT2D eigenvalue weighted by atomic mass is 35.5. The van der Waals surface area contributed by atoms with Gasteiger partial charge in [-0.2, -0.15) is 0 Å². The van der Waals surface area contributed by atoms with Crippen LogP contribution in [0, 0.1) is 0 Å². The SMILES string of the molecule is Clc1ccc(-c2cc3c4ccccc4c(-c4ccncc4)cc3c3ccccc23)c2ccccc12. The number of pyridine rings is 1. The lowest BCUT2D eigenvalue weighted by Crippen LogP contribution is -1.90. The summed E-state index contributed by atoms with van der Waals surface area (Å²) in [4.78, 5) is 4.23. The predicted octanol–water partition coefficient (Wildman–Crippen LogP) is 9.68. The van der Waals surface area contributed by atoms with Gasteiger partial charge in [0.05, 0.1) is 0 Å². The topological polar surface area (TPSA) is 12.9 Å². The molecule has 0 bridgehead atoms.